The maximum absolute atomic E-state index is 7.00. The lowest BCUT2D eigenvalue weighted by Crippen LogP contribution is -2.03. The van der Waals surface area contributed by atoms with E-state index in [-0.39, 0.29) is 0 Å². The Morgan fingerprint density at radius 3 is 2.42 bits per heavy atom. The number of aliphatic hydroxyl groups is 1. The first-order valence-corrected chi connectivity index (χ1v) is 11.7. The van der Waals surface area contributed by atoms with Gasteiger partial charge in [-0.1, -0.05) is 84.0 Å². The maximum Gasteiger partial charge on any atom is 0.0319 e. The van der Waals surface area contributed by atoms with E-state index in [0.717, 1.165) is 13.5 Å². The molecular formula is C30H34O. The summed E-state index contributed by atoms with van der Waals surface area (Å²) in [5.74, 6) is 0. The van der Waals surface area contributed by atoms with E-state index in [1.165, 1.54) is 73.3 Å². The average molecular weight is 411 g/mol. The highest BCUT2D eigenvalue weighted by Gasteiger charge is 2.13. The number of hydrogen-bond donors (Lipinski definition) is 1. The molecule has 2 aliphatic rings. The summed E-state index contributed by atoms with van der Waals surface area (Å²) in [6, 6.07) is 22.7. The molecule has 0 amide bonds. The number of aliphatic hydroxyl groups excluding tert-OH is 1. The van der Waals surface area contributed by atoms with Crippen LogP contribution in [0.2, 0.25) is 0 Å². The van der Waals surface area contributed by atoms with Crippen LogP contribution >= 0.6 is 0 Å². The summed E-state index contributed by atoms with van der Waals surface area (Å²) >= 11 is 0. The molecule has 0 aromatic heterocycles. The van der Waals surface area contributed by atoms with Gasteiger partial charge in [0.2, 0.25) is 0 Å². The van der Waals surface area contributed by atoms with E-state index in [9.17, 15) is 0 Å². The molecule has 5 rings (SSSR count). The molecule has 0 saturated carbocycles. The van der Waals surface area contributed by atoms with E-state index in [2.05, 4.69) is 72.8 Å². The standard InChI is InChI=1S/C29H30.CH4O/c1-2-10-28-21-24(17-18-25(28)8-1)20-23-16-15-22(19-23)7-5-11-27-13-6-12-26-9-3-4-14-29(26)27;1-2/h3-4,6,9,12-18,21H,1-2,5,7-8,10-11,19-20H2;2H,1H3. The maximum atomic E-state index is 7.00. The number of allylic oxidation sites excluding steroid dienone is 4. The third kappa shape index (κ3) is 5.35. The summed E-state index contributed by atoms with van der Waals surface area (Å²) in [6.45, 7) is 0. The van der Waals surface area contributed by atoms with Gasteiger partial charge in [-0.2, -0.15) is 0 Å². The largest absolute Gasteiger partial charge is 0.400 e. The SMILES string of the molecule is C1=C(CCCc2cccc3ccccc23)CC(Cc2ccc3c(c2)CCCC3)=C1.CO. The minimum Gasteiger partial charge on any atom is -0.400 e. The van der Waals surface area contributed by atoms with Crippen LogP contribution in [0.3, 0.4) is 0 Å². The first kappa shape index (κ1) is 21.6. The topological polar surface area (TPSA) is 20.2 Å². The Kier molecular flexibility index (Phi) is 7.38. The van der Waals surface area contributed by atoms with Crippen molar-refractivity contribution in [3.8, 4) is 0 Å². The van der Waals surface area contributed by atoms with Gasteiger partial charge in [-0.15, -0.1) is 0 Å². The van der Waals surface area contributed by atoms with Gasteiger partial charge in [0.1, 0.15) is 0 Å². The highest BCUT2D eigenvalue weighted by atomic mass is 16.2. The quantitative estimate of drug-likeness (QED) is 0.457. The molecule has 2 aliphatic carbocycles. The smallest absolute Gasteiger partial charge is 0.0319 e. The second-order valence-corrected chi connectivity index (χ2v) is 8.81. The van der Waals surface area contributed by atoms with Crippen LogP contribution in [0.5, 0.6) is 0 Å². The first-order valence-electron chi connectivity index (χ1n) is 11.7. The van der Waals surface area contributed by atoms with E-state index in [1.54, 1.807) is 22.3 Å². The van der Waals surface area contributed by atoms with E-state index in [0.29, 0.717) is 0 Å². The number of aryl methyl sites for hydroxylation is 3. The Labute approximate surface area is 187 Å². The predicted octanol–water partition coefficient (Wildman–Crippen LogP) is 7.15. The highest BCUT2D eigenvalue weighted by molar-refractivity contribution is 5.85. The van der Waals surface area contributed by atoms with E-state index < -0.39 is 0 Å². The molecule has 0 bridgehead atoms. The van der Waals surface area contributed by atoms with Crippen LogP contribution in [0.25, 0.3) is 10.8 Å². The summed E-state index contributed by atoms with van der Waals surface area (Å²) in [6.07, 6.45) is 16.0. The highest BCUT2D eigenvalue weighted by Crippen LogP contribution is 2.29. The number of rotatable bonds is 6. The van der Waals surface area contributed by atoms with Gasteiger partial charge in [0.25, 0.3) is 0 Å². The van der Waals surface area contributed by atoms with Gasteiger partial charge in [0, 0.05) is 7.11 Å². The molecule has 0 radical (unpaired) electrons. The van der Waals surface area contributed by atoms with Crippen molar-refractivity contribution in [3.63, 3.8) is 0 Å². The summed E-state index contributed by atoms with van der Waals surface area (Å²) < 4.78 is 0. The monoisotopic (exact) mass is 410 g/mol. The predicted molar refractivity (Wildman–Crippen MR) is 133 cm³/mol. The minimum absolute atomic E-state index is 1.00. The lowest BCUT2D eigenvalue weighted by molar-refractivity contribution is 0.399. The second-order valence-electron chi connectivity index (χ2n) is 8.81. The van der Waals surface area contributed by atoms with Crippen LogP contribution in [0.1, 0.15) is 54.4 Å². The van der Waals surface area contributed by atoms with Crippen LogP contribution in [0, 0.1) is 0 Å². The van der Waals surface area contributed by atoms with Gasteiger partial charge < -0.3 is 5.11 Å². The summed E-state index contributed by atoms with van der Waals surface area (Å²) in [7, 11) is 1.00. The molecule has 1 heteroatoms. The zero-order chi connectivity index (χ0) is 21.5. The first-order chi connectivity index (χ1) is 15.3. The molecule has 31 heavy (non-hydrogen) atoms. The average Bonchev–Trinajstić information content (AvgIpc) is 3.27. The van der Waals surface area contributed by atoms with Crippen molar-refractivity contribution in [2.75, 3.05) is 7.11 Å². The molecule has 0 heterocycles. The number of fused-ring (bicyclic) bond motifs is 2. The molecule has 1 N–H and O–H groups in total. The van der Waals surface area contributed by atoms with Crippen molar-refractivity contribution in [2.24, 2.45) is 0 Å². The number of hydrogen-bond acceptors (Lipinski definition) is 1. The molecule has 0 spiro atoms. The van der Waals surface area contributed by atoms with E-state index in [4.69, 9.17) is 5.11 Å². The normalized spacial score (nSPS) is 15.0. The molecular weight excluding hydrogens is 376 g/mol. The van der Waals surface area contributed by atoms with Crippen molar-refractivity contribution in [2.45, 2.75) is 57.8 Å². The minimum atomic E-state index is 1.00. The van der Waals surface area contributed by atoms with Crippen LogP contribution in [0.4, 0.5) is 0 Å². The lowest BCUT2D eigenvalue weighted by Gasteiger charge is -2.17. The third-order valence-corrected chi connectivity index (χ3v) is 6.68. The Morgan fingerprint density at radius 2 is 1.52 bits per heavy atom. The van der Waals surface area contributed by atoms with Crippen LogP contribution in [-0.2, 0) is 25.7 Å². The molecule has 3 aromatic rings. The van der Waals surface area contributed by atoms with Gasteiger partial charge in [-0.25, -0.2) is 0 Å². The van der Waals surface area contributed by atoms with Crippen LogP contribution < -0.4 is 0 Å². The van der Waals surface area contributed by atoms with Gasteiger partial charge in [-0.05, 0) is 90.8 Å². The fraction of sp³-hybridized carbons (Fsp3) is 0.333. The Morgan fingerprint density at radius 1 is 0.742 bits per heavy atom. The Hall–Kier alpha value is -2.64. The van der Waals surface area contributed by atoms with Crippen LogP contribution in [-0.4, -0.2) is 12.2 Å². The molecule has 0 unspecified atom stereocenters. The zero-order valence-corrected chi connectivity index (χ0v) is 18.7. The molecule has 0 fully saturated rings. The van der Waals surface area contributed by atoms with E-state index in [1.807, 2.05) is 0 Å². The molecule has 0 aliphatic heterocycles. The fourth-order valence-corrected chi connectivity index (χ4v) is 5.11. The summed E-state index contributed by atoms with van der Waals surface area (Å²) in [5, 5.41) is 9.78. The molecule has 0 atom stereocenters. The van der Waals surface area contributed by atoms with Gasteiger partial charge in [0.15, 0.2) is 0 Å². The van der Waals surface area contributed by atoms with Crippen molar-refractivity contribution >= 4 is 10.8 Å². The summed E-state index contributed by atoms with van der Waals surface area (Å²) in [4.78, 5) is 0. The van der Waals surface area contributed by atoms with Gasteiger partial charge in [-0.3, -0.25) is 0 Å². The van der Waals surface area contributed by atoms with E-state index >= 15 is 0 Å². The molecule has 160 valence electrons. The zero-order valence-electron chi connectivity index (χ0n) is 18.7. The van der Waals surface area contributed by atoms with Crippen molar-refractivity contribution in [3.05, 3.63) is 106 Å². The third-order valence-electron chi connectivity index (χ3n) is 6.68. The Bertz CT molecular complexity index is 1080. The Balaban J connectivity index is 0.00000112. The molecule has 1 nitrogen and oxygen atoms in total. The second kappa shape index (κ2) is 10.6. The molecule has 3 aromatic carbocycles. The van der Waals surface area contributed by atoms with Crippen molar-refractivity contribution in [1.82, 2.24) is 0 Å². The van der Waals surface area contributed by atoms with Gasteiger partial charge >= 0.3 is 0 Å². The lowest BCUT2D eigenvalue weighted by atomic mass is 9.89. The number of benzene rings is 3. The van der Waals surface area contributed by atoms with Crippen molar-refractivity contribution in [1.29, 1.82) is 0 Å². The molecule has 0 saturated heterocycles. The van der Waals surface area contributed by atoms with Crippen molar-refractivity contribution < 1.29 is 5.11 Å². The summed E-state index contributed by atoms with van der Waals surface area (Å²) in [5.41, 5.74) is 9.38. The van der Waals surface area contributed by atoms with Crippen LogP contribution in [0.15, 0.2) is 84.0 Å². The van der Waals surface area contributed by atoms with Gasteiger partial charge in [0.05, 0.1) is 0 Å². The fourth-order valence-electron chi connectivity index (χ4n) is 5.11.